The van der Waals surface area contributed by atoms with Gasteiger partial charge in [0.15, 0.2) is 0 Å². The van der Waals surface area contributed by atoms with E-state index >= 15 is 0 Å². The van der Waals surface area contributed by atoms with E-state index in [4.69, 9.17) is 0 Å². The summed E-state index contributed by atoms with van der Waals surface area (Å²) in [5, 5.41) is 10.7. The van der Waals surface area contributed by atoms with E-state index in [0.29, 0.717) is 10.8 Å². The van der Waals surface area contributed by atoms with Gasteiger partial charge in [-0.2, -0.15) is 0 Å². The van der Waals surface area contributed by atoms with Gasteiger partial charge in [0.05, 0.1) is 5.60 Å². The summed E-state index contributed by atoms with van der Waals surface area (Å²) >= 11 is 0. The lowest BCUT2D eigenvalue weighted by atomic mass is 9.46. The molecule has 0 aromatic carbocycles. The van der Waals surface area contributed by atoms with Crippen LogP contribution in [0.4, 0.5) is 0 Å². The third-order valence-electron chi connectivity index (χ3n) is 10.7. The second-order valence-corrected chi connectivity index (χ2v) is 12.5. The molecule has 0 radical (unpaired) electrons. The van der Waals surface area contributed by atoms with Crippen molar-refractivity contribution in [1.82, 2.24) is 4.98 Å². The first kappa shape index (κ1) is 21.7. The molecule has 8 atom stereocenters. The molecule has 3 saturated carbocycles. The van der Waals surface area contributed by atoms with E-state index in [2.05, 4.69) is 44.0 Å². The van der Waals surface area contributed by atoms with Crippen LogP contribution in [-0.2, 0) is 6.42 Å². The van der Waals surface area contributed by atoms with E-state index in [9.17, 15) is 5.11 Å². The van der Waals surface area contributed by atoms with E-state index in [1.54, 1.807) is 5.57 Å². The zero-order chi connectivity index (χ0) is 21.9. The Balaban J connectivity index is 1.32. The summed E-state index contributed by atoms with van der Waals surface area (Å²) in [6.07, 6.45) is 16.9. The van der Waals surface area contributed by atoms with Gasteiger partial charge in [-0.1, -0.05) is 38.5 Å². The van der Waals surface area contributed by atoms with Gasteiger partial charge in [-0.05, 0) is 124 Å². The largest absolute Gasteiger partial charge is 0.390 e. The molecule has 2 heteroatoms. The summed E-state index contributed by atoms with van der Waals surface area (Å²) < 4.78 is 0. The van der Waals surface area contributed by atoms with Crippen molar-refractivity contribution in [2.45, 2.75) is 97.5 Å². The molecule has 5 rings (SSSR count). The molecule has 0 bridgehead atoms. The number of pyridine rings is 1. The lowest BCUT2D eigenvalue weighted by Crippen LogP contribution is -2.52. The van der Waals surface area contributed by atoms with Gasteiger partial charge in [0.2, 0.25) is 0 Å². The number of fused-ring (bicyclic) bond motifs is 5. The first-order chi connectivity index (χ1) is 14.7. The van der Waals surface area contributed by atoms with Crippen LogP contribution in [0.1, 0.15) is 91.2 Å². The first-order valence-corrected chi connectivity index (χ1v) is 13.0. The predicted octanol–water partition coefficient (Wildman–Crippen LogP) is 6.98. The minimum atomic E-state index is -0.483. The van der Waals surface area contributed by atoms with Crippen molar-refractivity contribution < 1.29 is 5.11 Å². The van der Waals surface area contributed by atoms with Crippen LogP contribution >= 0.6 is 0 Å². The molecule has 0 spiro atoms. The average molecular weight is 422 g/mol. The molecule has 1 N–H and O–H groups in total. The number of rotatable bonds is 4. The SMILES string of the molecule is CC(CCc1ccccn1)[C@H]1CC[C@H]2[C@@H]3CC=C4C[C@@](C)(O)CC[C@]4(C)[C@H]3CC[C@]12C. The van der Waals surface area contributed by atoms with Gasteiger partial charge in [0, 0.05) is 11.9 Å². The molecular formula is C29H43NO. The summed E-state index contributed by atoms with van der Waals surface area (Å²) in [6, 6.07) is 6.33. The van der Waals surface area contributed by atoms with Crippen molar-refractivity contribution >= 4 is 0 Å². The monoisotopic (exact) mass is 421 g/mol. The molecule has 1 unspecified atom stereocenters. The van der Waals surface area contributed by atoms with Gasteiger partial charge in [0.25, 0.3) is 0 Å². The van der Waals surface area contributed by atoms with E-state index in [1.165, 1.54) is 50.6 Å². The molecule has 0 saturated heterocycles. The van der Waals surface area contributed by atoms with Gasteiger partial charge in [0.1, 0.15) is 0 Å². The first-order valence-electron chi connectivity index (χ1n) is 13.0. The van der Waals surface area contributed by atoms with Gasteiger partial charge < -0.3 is 5.11 Å². The third kappa shape index (κ3) is 3.62. The summed E-state index contributed by atoms with van der Waals surface area (Å²) in [5.74, 6) is 4.24. The number of nitrogens with zero attached hydrogens (tertiary/aromatic N) is 1. The standard InChI is InChI=1S/C29H43NO/c1-20(8-10-22-7-5-6-18-30-22)24-12-13-25-23-11-9-21-19-27(2,31)16-17-28(21,3)26(23)14-15-29(24,25)4/h5-7,9,18,20,23-26,31H,8,10-17,19H2,1-4H3/t20?,23-,24+,25-,26-,27-,28-,29+/m0/s1. The number of aliphatic hydroxyl groups is 1. The molecule has 0 aliphatic heterocycles. The minimum absolute atomic E-state index is 0.342. The summed E-state index contributed by atoms with van der Waals surface area (Å²) in [4.78, 5) is 4.56. The van der Waals surface area contributed by atoms with Gasteiger partial charge in [-0.25, -0.2) is 0 Å². The third-order valence-corrected chi connectivity index (χ3v) is 10.7. The molecule has 170 valence electrons. The highest BCUT2D eigenvalue weighted by Crippen LogP contribution is 2.67. The Bertz CT molecular complexity index is 828. The van der Waals surface area contributed by atoms with Crippen LogP contribution in [0, 0.1) is 40.4 Å². The molecular weight excluding hydrogens is 378 g/mol. The van der Waals surface area contributed by atoms with E-state index < -0.39 is 5.60 Å². The zero-order valence-corrected chi connectivity index (χ0v) is 20.2. The van der Waals surface area contributed by atoms with E-state index in [0.717, 1.165) is 48.9 Å². The molecule has 31 heavy (non-hydrogen) atoms. The van der Waals surface area contributed by atoms with Crippen LogP contribution in [-0.4, -0.2) is 15.7 Å². The fraction of sp³-hybridized carbons (Fsp3) is 0.759. The second kappa shape index (κ2) is 7.72. The molecule has 1 aromatic rings. The summed E-state index contributed by atoms with van der Waals surface area (Å²) in [6.45, 7) is 9.79. The number of aryl methyl sites for hydroxylation is 1. The smallest absolute Gasteiger partial charge is 0.0657 e. The molecule has 1 heterocycles. The van der Waals surface area contributed by atoms with Crippen LogP contribution in [0.3, 0.4) is 0 Å². The number of hydrogen-bond acceptors (Lipinski definition) is 2. The number of aromatic nitrogens is 1. The Hall–Kier alpha value is -1.15. The maximum Gasteiger partial charge on any atom is 0.0657 e. The average Bonchev–Trinajstić information content (AvgIpc) is 3.10. The lowest BCUT2D eigenvalue weighted by molar-refractivity contribution is -0.0704. The number of allylic oxidation sites excluding steroid dienone is 1. The van der Waals surface area contributed by atoms with Crippen molar-refractivity contribution in [2.24, 2.45) is 40.4 Å². The quantitative estimate of drug-likeness (QED) is 0.532. The second-order valence-electron chi connectivity index (χ2n) is 12.5. The molecule has 4 aliphatic carbocycles. The molecule has 3 fully saturated rings. The van der Waals surface area contributed by atoms with Crippen molar-refractivity contribution in [2.75, 3.05) is 0 Å². The zero-order valence-electron chi connectivity index (χ0n) is 20.2. The normalized spacial score (nSPS) is 45.3. The van der Waals surface area contributed by atoms with Gasteiger partial charge >= 0.3 is 0 Å². The molecule has 2 nitrogen and oxygen atoms in total. The molecule has 4 aliphatic rings. The maximum atomic E-state index is 10.7. The number of hydrogen-bond donors (Lipinski definition) is 1. The highest BCUT2D eigenvalue weighted by atomic mass is 16.3. The Morgan fingerprint density at radius 3 is 2.68 bits per heavy atom. The Morgan fingerprint density at radius 1 is 1.06 bits per heavy atom. The van der Waals surface area contributed by atoms with Crippen molar-refractivity contribution in [3.8, 4) is 0 Å². The maximum absolute atomic E-state index is 10.7. The van der Waals surface area contributed by atoms with E-state index in [1.807, 2.05) is 19.2 Å². The van der Waals surface area contributed by atoms with Crippen LogP contribution in [0.2, 0.25) is 0 Å². The molecule has 0 amide bonds. The predicted molar refractivity (Wildman–Crippen MR) is 128 cm³/mol. The van der Waals surface area contributed by atoms with Crippen molar-refractivity contribution in [1.29, 1.82) is 0 Å². The Labute approximate surface area is 189 Å². The minimum Gasteiger partial charge on any atom is -0.390 e. The lowest BCUT2D eigenvalue weighted by Gasteiger charge is -2.59. The topological polar surface area (TPSA) is 33.1 Å². The van der Waals surface area contributed by atoms with Crippen molar-refractivity contribution in [3.63, 3.8) is 0 Å². The van der Waals surface area contributed by atoms with Gasteiger partial charge in [-0.15, -0.1) is 0 Å². The van der Waals surface area contributed by atoms with E-state index in [-0.39, 0.29) is 0 Å². The fourth-order valence-corrected chi connectivity index (χ4v) is 8.90. The Kier molecular flexibility index (Phi) is 5.40. The fourth-order valence-electron chi connectivity index (χ4n) is 8.90. The Morgan fingerprint density at radius 2 is 1.90 bits per heavy atom. The van der Waals surface area contributed by atoms with Crippen LogP contribution in [0.25, 0.3) is 0 Å². The highest BCUT2D eigenvalue weighted by Gasteiger charge is 2.59. The summed E-state index contributed by atoms with van der Waals surface area (Å²) in [5.41, 5.74) is 3.22. The molecule has 1 aromatic heterocycles. The van der Waals surface area contributed by atoms with Gasteiger partial charge in [-0.3, -0.25) is 4.98 Å². The van der Waals surface area contributed by atoms with Crippen LogP contribution in [0.15, 0.2) is 36.0 Å². The van der Waals surface area contributed by atoms with Crippen molar-refractivity contribution in [3.05, 3.63) is 41.7 Å². The van der Waals surface area contributed by atoms with Crippen LogP contribution < -0.4 is 0 Å². The highest BCUT2D eigenvalue weighted by molar-refractivity contribution is 5.26. The summed E-state index contributed by atoms with van der Waals surface area (Å²) in [7, 11) is 0. The van der Waals surface area contributed by atoms with Crippen LogP contribution in [0.5, 0.6) is 0 Å².